The van der Waals surface area contributed by atoms with Gasteiger partial charge in [-0.15, -0.1) is 0 Å². The lowest BCUT2D eigenvalue weighted by atomic mass is 9.87. The highest BCUT2D eigenvalue weighted by Gasteiger charge is 2.11. The Morgan fingerprint density at radius 1 is 1.33 bits per heavy atom. The predicted octanol–water partition coefficient (Wildman–Crippen LogP) is -0.0556. The zero-order valence-electron chi connectivity index (χ0n) is 6.96. The van der Waals surface area contributed by atoms with E-state index in [2.05, 4.69) is 29.9 Å². The van der Waals surface area contributed by atoms with Gasteiger partial charge >= 0.3 is 0 Å². The number of nitrogens with two attached hydrogens (primary N) is 2. The molecule has 0 fully saturated rings. The Kier molecular flexibility index (Phi) is 3.22. The van der Waals surface area contributed by atoms with Crippen LogP contribution in [0.4, 0.5) is 0 Å². The summed E-state index contributed by atoms with van der Waals surface area (Å²) in [4.78, 5) is 0. The lowest BCUT2D eigenvalue weighted by Crippen LogP contribution is -2.06. The molecule has 3 nitrogen and oxygen atoms in total. The van der Waals surface area contributed by atoms with Gasteiger partial charge in [0.15, 0.2) is 0 Å². The van der Waals surface area contributed by atoms with Gasteiger partial charge in [0.2, 0.25) is 0 Å². The highest BCUT2D eigenvalue weighted by molar-refractivity contribution is 5.43. The molecule has 5 N–H and O–H groups in total. The number of hydrazine groups is 1. The standard InChI is InChI=1S/C9H10O.H4N2/c10-4-3-8-2-1-7-5-9(8)6-7;1-2/h1-2,5,10H,3-4,6H2;1-2H2. The summed E-state index contributed by atoms with van der Waals surface area (Å²) in [5.74, 6) is 8.00. The first-order valence-electron chi connectivity index (χ1n) is 3.95. The maximum Gasteiger partial charge on any atom is 0.0471 e. The van der Waals surface area contributed by atoms with Gasteiger partial charge < -0.3 is 5.11 Å². The van der Waals surface area contributed by atoms with E-state index in [0.717, 1.165) is 12.8 Å². The molecule has 0 aromatic heterocycles. The summed E-state index contributed by atoms with van der Waals surface area (Å²) in [5, 5.41) is 8.66. The quantitative estimate of drug-likeness (QED) is 0.432. The molecule has 2 aliphatic carbocycles. The molecule has 0 atom stereocenters. The number of rotatable bonds is 2. The topological polar surface area (TPSA) is 72.3 Å². The van der Waals surface area contributed by atoms with Crippen LogP contribution in [0.25, 0.3) is 0 Å². The first-order chi connectivity index (χ1) is 5.90. The molecule has 66 valence electrons. The molecule has 12 heavy (non-hydrogen) atoms. The third-order valence-electron chi connectivity index (χ3n) is 2.05. The van der Waals surface area contributed by atoms with Gasteiger partial charge in [-0.1, -0.05) is 18.2 Å². The number of aliphatic hydroxyl groups excluding tert-OH is 1. The smallest absolute Gasteiger partial charge is 0.0471 e. The molecule has 0 saturated carbocycles. The first kappa shape index (κ1) is 9.19. The maximum atomic E-state index is 8.66. The van der Waals surface area contributed by atoms with Crippen LogP contribution in [-0.2, 0) is 12.8 Å². The highest BCUT2D eigenvalue weighted by atomic mass is 16.2. The fourth-order valence-electron chi connectivity index (χ4n) is 1.41. The number of aliphatic hydroxyl groups is 1. The van der Waals surface area contributed by atoms with Crippen LogP contribution in [0.15, 0.2) is 18.2 Å². The second-order valence-corrected chi connectivity index (χ2v) is 2.75. The van der Waals surface area contributed by atoms with Crippen molar-refractivity contribution < 1.29 is 5.11 Å². The molecule has 2 bridgehead atoms. The largest absolute Gasteiger partial charge is 0.396 e. The lowest BCUT2D eigenvalue weighted by Gasteiger charge is -2.18. The Hall–Kier alpha value is -0.900. The first-order valence-corrected chi connectivity index (χ1v) is 3.95. The van der Waals surface area contributed by atoms with Gasteiger partial charge in [-0.2, -0.15) is 0 Å². The van der Waals surface area contributed by atoms with Crippen molar-refractivity contribution in [3.8, 4) is 0 Å². The Morgan fingerprint density at radius 2 is 2.00 bits per heavy atom. The Labute approximate surface area is 72.0 Å². The van der Waals surface area contributed by atoms with Crippen LogP contribution in [0, 0.1) is 0 Å². The van der Waals surface area contributed by atoms with Crippen molar-refractivity contribution in [1.82, 2.24) is 0 Å². The number of hydrogen-bond donors (Lipinski definition) is 3. The summed E-state index contributed by atoms with van der Waals surface area (Å²) < 4.78 is 0. The summed E-state index contributed by atoms with van der Waals surface area (Å²) in [5.41, 5.74) is 4.17. The molecule has 2 aliphatic rings. The van der Waals surface area contributed by atoms with Crippen molar-refractivity contribution in [3.05, 3.63) is 34.9 Å². The van der Waals surface area contributed by atoms with Gasteiger partial charge in [0.25, 0.3) is 0 Å². The van der Waals surface area contributed by atoms with Crippen molar-refractivity contribution in [3.63, 3.8) is 0 Å². The SMILES string of the molecule is NN.OCCc1ccc2cc1C2. The summed E-state index contributed by atoms with van der Waals surface area (Å²) >= 11 is 0. The van der Waals surface area contributed by atoms with Gasteiger partial charge in [-0.25, -0.2) is 0 Å². The second kappa shape index (κ2) is 4.21. The van der Waals surface area contributed by atoms with Crippen LogP contribution >= 0.6 is 0 Å². The molecule has 0 heterocycles. The molecule has 3 heteroatoms. The zero-order chi connectivity index (χ0) is 8.97. The Morgan fingerprint density at radius 3 is 2.42 bits per heavy atom. The average Bonchev–Trinajstić information content (AvgIpc) is 2.07. The molecule has 1 aromatic rings. The minimum Gasteiger partial charge on any atom is -0.396 e. The summed E-state index contributed by atoms with van der Waals surface area (Å²) in [7, 11) is 0. The maximum absolute atomic E-state index is 8.66. The Bertz CT molecular complexity index is 257. The molecular formula is C9H14N2O. The van der Waals surface area contributed by atoms with E-state index in [4.69, 9.17) is 5.11 Å². The fourth-order valence-corrected chi connectivity index (χ4v) is 1.41. The molecule has 0 aliphatic heterocycles. The van der Waals surface area contributed by atoms with Gasteiger partial charge in [0, 0.05) is 6.61 Å². The molecule has 0 unspecified atom stereocenters. The predicted molar refractivity (Wildman–Crippen MR) is 48.4 cm³/mol. The molecule has 3 rings (SSSR count). The third-order valence-corrected chi connectivity index (χ3v) is 2.05. The fraction of sp³-hybridized carbons (Fsp3) is 0.333. The van der Waals surface area contributed by atoms with Crippen LogP contribution in [0.1, 0.15) is 16.7 Å². The monoisotopic (exact) mass is 166 g/mol. The summed E-state index contributed by atoms with van der Waals surface area (Å²) in [6, 6.07) is 6.45. The minimum atomic E-state index is 0.270. The third kappa shape index (κ3) is 1.64. The van der Waals surface area contributed by atoms with Crippen molar-refractivity contribution in [2.75, 3.05) is 6.61 Å². The van der Waals surface area contributed by atoms with Crippen LogP contribution in [0.2, 0.25) is 0 Å². The van der Waals surface area contributed by atoms with Gasteiger partial charge in [-0.05, 0) is 29.5 Å². The molecule has 0 saturated heterocycles. The van der Waals surface area contributed by atoms with E-state index < -0.39 is 0 Å². The number of fused-ring (bicyclic) bond motifs is 2. The molecular weight excluding hydrogens is 152 g/mol. The molecule has 1 aromatic carbocycles. The van der Waals surface area contributed by atoms with Gasteiger partial charge in [0.05, 0.1) is 0 Å². The molecule has 0 radical (unpaired) electrons. The average molecular weight is 166 g/mol. The van der Waals surface area contributed by atoms with Crippen LogP contribution in [0.5, 0.6) is 0 Å². The zero-order valence-corrected chi connectivity index (χ0v) is 6.96. The lowest BCUT2D eigenvalue weighted by molar-refractivity contribution is 0.299. The van der Waals surface area contributed by atoms with Gasteiger partial charge in [0.1, 0.15) is 0 Å². The van der Waals surface area contributed by atoms with E-state index in [1.54, 1.807) is 0 Å². The van der Waals surface area contributed by atoms with E-state index in [1.165, 1.54) is 16.7 Å². The van der Waals surface area contributed by atoms with Crippen molar-refractivity contribution in [2.24, 2.45) is 11.7 Å². The molecule has 0 spiro atoms. The van der Waals surface area contributed by atoms with Crippen LogP contribution in [-0.4, -0.2) is 11.7 Å². The molecule has 0 amide bonds. The van der Waals surface area contributed by atoms with E-state index in [-0.39, 0.29) is 6.61 Å². The van der Waals surface area contributed by atoms with E-state index in [0.29, 0.717) is 0 Å². The Balaban J connectivity index is 0.000000336. The summed E-state index contributed by atoms with van der Waals surface area (Å²) in [6.45, 7) is 0.270. The van der Waals surface area contributed by atoms with E-state index >= 15 is 0 Å². The van der Waals surface area contributed by atoms with E-state index in [1.807, 2.05) is 0 Å². The van der Waals surface area contributed by atoms with Crippen LogP contribution in [0.3, 0.4) is 0 Å². The normalized spacial score (nSPS) is 11.2. The number of benzene rings is 1. The van der Waals surface area contributed by atoms with Crippen LogP contribution < -0.4 is 11.7 Å². The van der Waals surface area contributed by atoms with Gasteiger partial charge in [-0.3, -0.25) is 11.7 Å². The highest BCUT2D eigenvalue weighted by Crippen LogP contribution is 2.24. The minimum absolute atomic E-state index is 0.270. The number of hydrogen-bond acceptors (Lipinski definition) is 3. The van der Waals surface area contributed by atoms with Crippen molar-refractivity contribution in [1.29, 1.82) is 0 Å². The van der Waals surface area contributed by atoms with E-state index in [9.17, 15) is 0 Å². The van der Waals surface area contributed by atoms with Crippen molar-refractivity contribution >= 4 is 0 Å². The summed E-state index contributed by atoms with van der Waals surface area (Å²) in [6.07, 6.45) is 1.95. The second-order valence-electron chi connectivity index (χ2n) is 2.75. The van der Waals surface area contributed by atoms with Crippen molar-refractivity contribution in [2.45, 2.75) is 12.8 Å².